The maximum Gasteiger partial charge on any atom is 0.122 e. The topological polar surface area (TPSA) is 9.23 Å². The molecule has 1 unspecified atom stereocenters. The maximum atomic E-state index is 6.64. The van der Waals surface area contributed by atoms with E-state index in [2.05, 4.69) is 53.2 Å². The third kappa shape index (κ3) is 2.72. The van der Waals surface area contributed by atoms with Gasteiger partial charge in [-0.05, 0) is 54.2 Å². The summed E-state index contributed by atoms with van der Waals surface area (Å²) in [5, 5.41) is -0.117. The Kier molecular flexibility index (Phi) is 4.04. The fourth-order valence-corrected chi connectivity index (χ4v) is 3.07. The normalized spacial score (nSPS) is 15.3. The van der Waals surface area contributed by atoms with Crippen LogP contribution in [0, 0.1) is 6.92 Å². The first-order valence-corrected chi connectivity index (χ1v) is 8.04. The van der Waals surface area contributed by atoms with Crippen molar-refractivity contribution in [2.45, 2.75) is 25.1 Å². The molecule has 0 aromatic heterocycles. The van der Waals surface area contributed by atoms with E-state index in [9.17, 15) is 0 Å². The number of rotatable bonds is 2. The molecule has 0 aliphatic carbocycles. The van der Waals surface area contributed by atoms with Crippen LogP contribution in [0.4, 0.5) is 0 Å². The van der Waals surface area contributed by atoms with Crippen LogP contribution in [0.2, 0.25) is 0 Å². The number of alkyl halides is 1. The second-order valence-electron chi connectivity index (χ2n) is 5.19. The summed E-state index contributed by atoms with van der Waals surface area (Å²) in [5.41, 5.74) is 4.74. The molecule has 0 radical (unpaired) electrons. The number of halogens is 2. The Morgan fingerprint density at radius 3 is 2.70 bits per heavy atom. The SMILES string of the molecule is Cc1cc(C(Cl)c2ccc3c(c2)CCCO3)ccc1Br. The first kappa shape index (κ1) is 14.0. The standard InChI is InChI=1S/C17H16BrClO/c1-11-9-13(4-6-15(11)18)17(19)14-5-7-16-12(10-14)3-2-8-20-16/h4-7,9-10,17H,2-3,8H2,1H3. The lowest BCUT2D eigenvalue weighted by Gasteiger charge is -2.19. The smallest absolute Gasteiger partial charge is 0.122 e. The number of hydrogen-bond acceptors (Lipinski definition) is 1. The van der Waals surface area contributed by atoms with E-state index < -0.39 is 0 Å². The van der Waals surface area contributed by atoms with Crippen molar-refractivity contribution >= 4 is 27.5 Å². The molecule has 104 valence electrons. The molecule has 0 fully saturated rings. The zero-order valence-corrected chi connectivity index (χ0v) is 13.7. The summed E-state index contributed by atoms with van der Waals surface area (Å²) in [4.78, 5) is 0. The summed E-state index contributed by atoms with van der Waals surface area (Å²) in [6, 6.07) is 12.6. The summed E-state index contributed by atoms with van der Waals surface area (Å²) < 4.78 is 6.76. The second-order valence-corrected chi connectivity index (χ2v) is 6.48. The van der Waals surface area contributed by atoms with Gasteiger partial charge in [0.1, 0.15) is 5.75 Å². The van der Waals surface area contributed by atoms with Crippen LogP contribution >= 0.6 is 27.5 Å². The van der Waals surface area contributed by atoms with Crippen LogP contribution in [-0.4, -0.2) is 6.61 Å². The minimum absolute atomic E-state index is 0.117. The van der Waals surface area contributed by atoms with Crippen molar-refractivity contribution in [2.24, 2.45) is 0 Å². The first-order chi connectivity index (χ1) is 9.65. The summed E-state index contributed by atoms with van der Waals surface area (Å²) in [6.45, 7) is 2.90. The fourth-order valence-electron chi connectivity index (χ4n) is 2.56. The Morgan fingerprint density at radius 2 is 1.90 bits per heavy atom. The Morgan fingerprint density at radius 1 is 1.15 bits per heavy atom. The molecule has 0 spiro atoms. The highest BCUT2D eigenvalue weighted by atomic mass is 79.9. The van der Waals surface area contributed by atoms with Crippen molar-refractivity contribution < 1.29 is 4.74 Å². The molecule has 0 bridgehead atoms. The fraction of sp³-hybridized carbons (Fsp3) is 0.294. The summed E-state index contributed by atoms with van der Waals surface area (Å²) in [7, 11) is 0. The molecule has 3 rings (SSSR count). The van der Waals surface area contributed by atoms with Crippen LogP contribution in [0.15, 0.2) is 40.9 Å². The molecule has 0 saturated carbocycles. The molecule has 0 amide bonds. The zero-order chi connectivity index (χ0) is 14.1. The average Bonchev–Trinajstić information content (AvgIpc) is 2.49. The van der Waals surface area contributed by atoms with E-state index in [1.165, 1.54) is 11.1 Å². The molecule has 1 heterocycles. The van der Waals surface area contributed by atoms with E-state index in [0.717, 1.165) is 40.8 Å². The zero-order valence-electron chi connectivity index (χ0n) is 11.3. The van der Waals surface area contributed by atoms with Crippen molar-refractivity contribution in [1.29, 1.82) is 0 Å². The van der Waals surface area contributed by atoms with E-state index in [0.29, 0.717) is 0 Å². The number of aryl methyl sites for hydroxylation is 2. The second kappa shape index (κ2) is 5.79. The van der Waals surface area contributed by atoms with Gasteiger partial charge in [-0.3, -0.25) is 0 Å². The molecule has 2 aromatic rings. The summed E-state index contributed by atoms with van der Waals surface area (Å²) in [6.07, 6.45) is 2.16. The molecule has 0 saturated heterocycles. The largest absolute Gasteiger partial charge is 0.493 e. The van der Waals surface area contributed by atoms with Gasteiger partial charge in [0.05, 0.1) is 12.0 Å². The third-order valence-electron chi connectivity index (χ3n) is 3.70. The lowest BCUT2D eigenvalue weighted by atomic mass is 9.98. The van der Waals surface area contributed by atoms with Crippen molar-refractivity contribution in [3.63, 3.8) is 0 Å². The van der Waals surface area contributed by atoms with Gasteiger partial charge in [-0.1, -0.05) is 40.2 Å². The van der Waals surface area contributed by atoms with Crippen LogP contribution in [0.3, 0.4) is 0 Å². The van der Waals surface area contributed by atoms with Crippen molar-refractivity contribution in [2.75, 3.05) is 6.61 Å². The number of fused-ring (bicyclic) bond motifs is 1. The molecule has 1 aliphatic rings. The lowest BCUT2D eigenvalue weighted by Crippen LogP contribution is -2.09. The number of ether oxygens (including phenoxy) is 1. The number of benzene rings is 2. The van der Waals surface area contributed by atoms with Crippen molar-refractivity contribution in [3.05, 3.63) is 63.1 Å². The predicted molar refractivity (Wildman–Crippen MR) is 86.8 cm³/mol. The molecule has 2 aromatic carbocycles. The van der Waals surface area contributed by atoms with Gasteiger partial charge in [-0.2, -0.15) is 0 Å². The highest BCUT2D eigenvalue weighted by molar-refractivity contribution is 9.10. The minimum atomic E-state index is -0.117. The van der Waals surface area contributed by atoms with E-state index in [-0.39, 0.29) is 5.38 Å². The molecular formula is C17H16BrClO. The summed E-state index contributed by atoms with van der Waals surface area (Å²) in [5.74, 6) is 1.01. The molecule has 20 heavy (non-hydrogen) atoms. The molecule has 1 aliphatic heterocycles. The molecule has 1 nitrogen and oxygen atoms in total. The highest BCUT2D eigenvalue weighted by Gasteiger charge is 2.16. The van der Waals surface area contributed by atoms with Crippen LogP contribution in [0.5, 0.6) is 5.75 Å². The molecule has 0 N–H and O–H groups in total. The third-order valence-corrected chi connectivity index (χ3v) is 5.09. The van der Waals surface area contributed by atoms with E-state index >= 15 is 0 Å². The highest BCUT2D eigenvalue weighted by Crippen LogP contribution is 2.34. The Hall–Kier alpha value is -0.990. The maximum absolute atomic E-state index is 6.64. The van der Waals surface area contributed by atoms with Gasteiger partial charge >= 0.3 is 0 Å². The van der Waals surface area contributed by atoms with E-state index in [4.69, 9.17) is 16.3 Å². The van der Waals surface area contributed by atoms with Crippen LogP contribution in [0.25, 0.3) is 0 Å². The predicted octanol–water partition coefficient (Wildman–Crippen LogP) is 5.41. The van der Waals surface area contributed by atoms with Crippen LogP contribution < -0.4 is 4.74 Å². The number of hydrogen-bond donors (Lipinski definition) is 0. The van der Waals surface area contributed by atoms with Gasteiger partial charge < -0.3 is 4.74 Å². The Balaban J connectivity index is 1.93. The Bertz CT molecular complexity index is 639. The quantitative estimate of drug-likeness (QED) is 0.657. The van der Waals surface area contributed by atoms with Gasteiger partial charge in [-0.25, -0.2) is 0 Å². The van der Waals surface area contributed by atoms with E-state index in [1.54, 1.807) is 0 Å². The molecule has 3 heteroatoms. The van der Waals surface area contributed by atoms with Gasteiger partial charge in [0, 0.05) is 4.47 Å². The molecule has 1 atom stereocenters. The van der Waals surface area contributed by atoms with Gasteiger partial charge in [0.2, 0.25) is 0 Å². The van der Waals surface area contributed by atoms with Crippen molar-refractivity contribution in [1.82, 2.24) is 0 Å². The van der Waals surface area contributed by atoms with Crippen LogP contribution in [-0.2, 0) is 6.42 Å². The lowest BCUT2D eigenvalue weighted by molar-refractivity contribution is 0.288. The van der Waals surface area contributed by atoms with Crippen LogP contribution in [0.1, 0.15) is 34.1 Å². The van der Waals surface area contributed by atoms with Gasteiger partial charge in [-0.15, -0.1) is 11.6 Å². The first-order valence-electron chi connectivity index (χ1n) is 6.81. The summed E-state index contributed by atoms with van der Waals surface area (Å²) >= 11 is 10.2. The van der Waals surface area contributed by atoms with Crippen molar-refractivity contribution in [3.8, 4) is 5.75 Å². The monoisotopic (exact) mass is 350 g/mol. The molecular weight excluding hydrogens is 336 g/mol. The Labute approximate surface area is 133 Å². The van der Waals surface area contributed by atoms with Gasteiger partial charge in [0.25, 0.3) is 0 Å². The van der Waals surface area contributed by atoms with E-state index in [1.807, 2.05) is 6.07 Å². The van der Waals surface area contributed by atoms with Gasteiger partial charge in [0.15, 0.2) is 0 Å². The average molecular weight is 352 g/mol. The minimum Gasteiger partial charge on any atom is -0.493 e.